The Bertz CT molecular complexity index is 1150. The van der Waals surface area contributed by atoms with E-state index >= 15 is 0 Å². The van der Waals surface area contributed by atoms with E-state index in [1.54, 1.807) is 36.4 Å². The van der Waals surface area contributed by atoms with Crippen molar-refractivity contribution in [2.45, 2.75) is 32.4 Å². The van der Waals surface area contributed by atoms with Crippen molar-refractivity contribution in [1.29, 1.82) is 0 Å². The van der Waals surface area contributed by atoms with Gasteiger partial charge in [-0.15, -0.1) is 0 Å². The summed E-state index contributed by atoms with van der Waals surface area (Å²) < 4.78 is 30.9. The molecule has 8 heteroatoms. The van der Waals surface area contributed by atoms with Gasteiger partial charge in [-0.25, -0.2) is 4.39 Å². The third kappa shape index (κ3) is 7.96. The minimum absolute atomic E-state index is 0.0899. The molecular weight excluding hydrogens is 475 g/mol. The topological polar surface area (TPSA) is 77.1 Å². The fourth-order valence-electron chi connectivity index (χ4n) is 3.82. The van der Waals surface area contributed by atoms with Crippen molar-refractivity contribution < 1.29 is 28.2 Å². The highest BCUT2D eigenvalue weighted by Crippen LogP contribution is 2.27. The van der Waals surface area contributed by atoms with Crippen LogP contribution in [0.1, 0.15) is 24.5 Å². The van der Waals surface area contributed by atoms with E-state index in [2.05, 4.69) is 5.32 Å². The number of nitrogens with zero attached hydrogens (tertiary/aromatic N) is 1. The molecule has 196 valence electrons. The molecule has 0 aliphatic carbocycles. The molecule has 1 atom stereocenters. The Morgan fingerprint density at radius 3 is 2.16 bits per heavy atom. The van der Waals surface area contributed by atoms with Gasteiger partial charge in [-0.05, 0) is 18.1 Å². The monoisotopic (exact) mass is 508 g/mol. The van der Waals surface area contributed by atoms with Crippen LogP contribution in [0.15, 0.2) is 72.8 Å². The molecule has 3 rings (SSSR count). The molecule has 0 saturated carbocycles. The zero-order chi connectivity index (χ0) is 26.6. The smallest absolute Gasteiger partial charge is 0.261 e. The second-order valence-corrected chi connectivity index (χ2v) is 8.45. The molecule has 0 bridgehead atoms. The SMILES string of the molecule is CCCNC(=O)[C@@H](Cc1ccccc1)N(Cc1ccccc1F)C(=O)COc1cc(OC)cc(OC)c1. The van der Waals surface area contributed by atoms with Crippen LogP contribution in [0, 0.1) is 5.82 Å². The van der Waals surface area contributed by atoms with Crippen molar-refractivity contribution in [2.24, 2.45) is 0 Å². The number of carbonyl (C=O) groups is 2. The molecule has 0 radical (unpaired) electrons. The quantitative estimate of drug-likeness (QED) is 0.371. The van der Waals surface area contributed by atoms with Crippen LogP contribution in [0.5, 0.6) is 17.2 Å². The summed E-state index contributed by atoms with van der Waals surface area (Å²) in [4.78, 5) is 28.3. The van der Waals surface area contributed by atoms with Crippen LogP contribution in [-0.4, -0.2) is 50.1 Å². The number of benzene rings is 3. The Balaban J connectivity index is 1.91. The normalized spacial score (nSPS) is 11.4. The number of amides is 2. The van der Waals surface area contributed by atoms with E-state index in [0.717, 1.165) is 12.0 Å². The summed E-state index contributed by atoms with van der Waals surface area (Å²) in [6.07, 6.45) is 1.01. The van der Waals surface area contributed by atoms with Gasteiger partial charge in [0.25, 0.3) is 5.91 Å². The summed E-state index contributed by atoms with van der Waals surface area (Å²) in [5.41, 5.74) is 1.18. The number of rotatable bonds is 13. The third-order valence-electron chi connectivity index (χ3n) is 5.81. The second-order valence-electron chi connectivity index (χ2n) is 8.45. The fraction of sp³-hybridized carbons (Fsp3) is 0.310. The van der Waals surface area contributed by atoms with Crippen LogP contribution < -0.4 is 19.5 Å². The Morgan fingerprint density at radius 1 is 0.919 bits per heavy atom. The van der Waals surface area contributed by atoms with Gasteiger partial charge in [-0.1, -0.05) is 55.5 Å². The lowest BCUT2D eigenvalue weighted by Gasteiger charge is -2.31. The molecule has 0 spiro atoms. The average molecular weight is 509 g/mol. The predicted molar refractivity (Wildman–Crippen MR) is 139 cm³/mol. The van der Waals surface area contributed by atoms with Gasteiger partial charge in [0.05, 0.1) is 14.2 Å². The molecule has 3 aromatic rings. The Hall–Kier alpha value is -4.07. The van der Waals surface area contributed by atoms with Gasteiger partial charge in [-0.2, -0.15) is 0 Å². The first-order chi connectivity index (χ1) is 17.9. The number of ether oxygens (including phenoxy) is 3. The zero-order valence-electron chi connectivity index (χ0n) is 21.4. The molecule has 0 heterocycles. The van der Waals surface area contributed by atoms with E-state index in [1.807, 2.05) is 37.3 Å². The molecule has 0 aromatic heterocycles. The lowest BCUT2D eigenvalue weighted by molar-refractivity contribution is -0.142. The molecule has 0 aliphatic heterocycles. The van der Waals surface area contributed by atoms with E-state index in [0.29, 0.717) is 29.4 Å². The standard InChI is InChI=1S/C29H33FN2O5/c1-4-14-31-29(34)27(15-21-10-6-5-7-11-21)32(19-22-12-8-9-13-26(22)30)28(33)20-37-25-17-23(35-2)16-24(18-25)36-3/h5-13,16-18,27H,4,14-15,19-20H2,1-3H3,(H,31,34)/t27-/m1/s1. The zero-order valence-corrected chi connectivity index (χ0v) is 21.4. The molecule has 0 aliphatic rings. The summed E-state index contributed by atoms with van der Waals surface area (Å²) in [5.74, 6) is 0.157. The number of hydrogen-bond acceptors (Lipinski definition) is 5. The maximum atomic E-state index is 14.6. The van der Waals surface area contributed by atoms with Crippen molar-refractivity contribution in [1.82, 2.24) is 10.2 Å². The molecule has 2 amide bonds. The van der Waals surface area contributed by atoms with Crippen LogP contribution in [0.2, 0.25) is 0 Å². The first-order valence-corrected chi connectivity index (χ1v) is 12.2. The molecule has 1 N–H and O–H groups in total. The van der Waals surface area contributed by atoms with Gasteiger partial charge < -0.3 is 24.4 Å². The highest BCUT2D eigenvalue weighted by atomic mass is 19.1. The summed E-state index contributed by atoms with van der Waals surface area (Å²) in [5, 5.41) is 2.89. The number of hydrogen-bond donors (Lipinski definition) is 1. The van der Waals surface area contributed by atoms with E-state index in [1.165, 1.54) is 25.2 Å². The lowest BCUT2D eigenvalue weighted by Crippen LogP contribution is -2.51. The molecule has 37 heavy (non-hydrogen) atoms. The molecule has 3 aromatic carbocycles. The Labute approximate surface area is 217 Å². The lowest BCUT2D eigenvalue weighted by atomic mass is 10.0. The summed E-state index contributed by atoms with van der Waals surface area (Å²) >= 11 is 0. The van der Waals surface area contributed by atoms with Gasteiger partial charge in [-0.3, -0.25) is 9.59 Å². The largest absolute Gasteiger partial charge is 0.496 e. The minimum Gasteiger partial charge on any atom is -0.496 e. The van der Waals surface area contributed by atoms with Gasteiger partial charge in [0.1, 0.15) is 29.1 Å². The number of halogens is 1. The van der Waals surface area contributed by atoms with Crippen molar-refractivity contribution in [3.63, 3.8) is 0 Å². The third-order valence-corrected chi connectivity index (χ3v) is 5.81. The highest BCUT2D eigenvalue weighted by Gasteiger charge is 2.31. The maximum Gasteiger partial charge on any atom is 0.261 e. The highest BCUT2D eigenvalue weighted by molar-refractivity contribution is 5.88. The number of carbonyl (C=O) groups excluding carboxylic acids is 2. The van der Waals surface area contributed by atoms with Gasteiger partial charge in [0, 0.05) is 43.3 Å². The molecule has 0 unspecified atom stereocenters. The summed E-state index contributed by atoms with van der Waals surface area (Å²) in [6, 6.07) is 19.7. The molecule has 0 fully saturated rings. The van der Waals surface area contributed by atoms with Crippen molar-refractivity contribution in [3.05, 3.63) is 89.7 Å². The predicted octanol–water partition coefficient (Wildman–Crippen LogP) is 4.39. The first kappa shape index (κ1) is 27.5. The molecular formula is C29H33FN2O5. The fourth-order valence-corrected chi connectivity index (χ4v) is 3.82. The summed E-state index contributed by atoms with van der Waals surface area (Å²) in [6.45, 7) is 1.96. The van der Waals surface area contributed by atoms with Gasteiger partial charge in [0.15, 0.2) is 6.61 Å². The average Bonchev–Trinajstić information content (AvgIpc) is 2.93. The van der Waals surface area contributed by atoms with Gasteiger partial charge >= 0.3 is 0 Å². The Kier molecular flexibility index (Phi) is 10.3. The first-order valence-electron chi connectivity index (χ1n) is 12.2. The second kappa shape index (κ2) is 13.9. The maximum absolute atomic E-state index is 14.6. The number of nitrogens with one attached hydrogen (secondary N) is 1. The summed E-state index contributed by atoms with van der Waals surface area (Å²) in [7, 11) is 3.03. The van der Waals surface area contributed by atoms with Crippen molar-refractivity contribution in [3.8, 4) is 17.2 Å². The van der Waals surface area contributed by atoms with Crippen LogP contribution in [0.3, 0.4) is 0 Å². The molecule has 0 saturated heterocycles. The van der Waals surface area contributed by atoms with Crippen LogP contribution in [0.4, 0.5) is 4.39 Å². The van der Waals surface area contributed by atoms with E-state index < -0.39 is 17.8 Å². The van der Waals surface area contributed by atoms with Crippen molar-refractivity contribution in [2.75, 3.05) is 27.4 Å². The minimum atomic E-state index is -0.871. The number of methoxy groups -OCH3 is 2. The van der Waals surface area contributed by atoms with Gasteiger partial charge in [0.2, 0.25) is 5.91 Å². The van der Waals surface area contributed by atoms with Crippen LogP contribution >= 0.6 is 0 Å². The van der Waals surface area contributed by atoms with Crippen molar-refractivity contribution >= 4 is 11.8 Å². The van der Waals surface area contributed by atoms with E-state index in [9.17, 15) is 14.0 Å². The van der Waals surface area contributed by atoms with Crippen LogP contribution in [0.25, 0.3) is 0 Å². The van der Waals surface area contributed by atoms with E-state index in [4.69, 9.17) is 14.2 Å². The van der Waals surface area contributed by atoms with E-state index in [-0.39, 0.29) is 25.5 Å². The Morgan fingerprint density at radius 2 is 1.54 bits per heavy atom. The van der Waals surface area contributed by atoms with Crippen LogP contribution in [-0.2, 0) is 22.6 Å². The molecule has 7 nitrogen and oxygen atoms in total.